The molecule has 1 amide bonds. The van der Waals surface area contributed by atoms with Gasteiger partial charge in [0, 0.05) is 5.69 Å². The van der Waals surface area contributed by atoms with Gasteiger partial charge in [0.1, 0.15) is 12.9 Å². The largest absolute Gasteiger partial charge is 0.352 e. The molecule has 1 aromatic carbocycles. The topological polar surface area (TPSA) is 81.3 Å². The average Bonchev–Trinajstić information content (AvgIpc) is 3.11. The number of hydrogen-bond donors (Lipinski definition) is 1. The lowest BCUT2D eigenvalue weighted by Crippen LogP contribution is -2.28. The molecule has 0 fully saturated rings. The first-order valence-electron chi connectivity index (χ1n) is 7.71. The van der Waals surface area contributed by atoms with Crippen LogP contribution in [0.5, 0.6) is 0 Å². The predicted molar refractivity (Wildman–Crippen MR) is 97.2 cm³/mol. The van der Waals surface area contributed by atoms with E-state index in [0.29, 0.717) is 11.3 Å². The lowest BCUT2D eigenvalue weighted by molar-refractivity contribution is -0.117. The van der Waals surface area contributed by atoms with Crippen LogP contribution in [-0.2, 0) is 11.3 Å². The molecule has 3 aromatic heterocycles. The number of anilines is 1. The number of nitrogens with one attached hydrogen (secondary N) is 1. The van der Waals surface area contributed by atoms with Crippen molar-refractivity contribution in [3.05, 3.63) is 57.6 Å². The molecule has 126 valence electrons. The quantitative estimate of drug-likeness (QED) is 0.613. The minimum Gasteiger partial charge on any atom is -0.324 e. The number of nitrogens with zero attached hydrogens (tertiary/aromatic N) is 4. The first-order valence-corrected chi connectivity index (χ1v) is 8.59. The molecule has 4 aromatic rings. The molecule has 0 aliphatic rings. The Bertz CT molecular complexity index is 1150. The first-order chi connectivity index (χ1) is 12.0. The van der Waals surface area contributed by atoms with E-state index in [1.807, 2.05) is 43.5 Å². The summed E-state index contributed by atoms with van der Waals surface area (Å²) in [5.74, 6) is -0.300. The van der Waals surface area contributed by atoms with E-state index in [1.165, 1.54) is 22.1 Å². The second kappa shape index (κ2) is 5.82. The molecule has 0 spiro atoms. The van der Waals surface area contributed by atoms with Gasteiger partial charge in [0.15, 0.2) is 5.65 Å². The molecule has 0 saturated heterocycles. The maximum Gasteiger partial charge on any atom is 0.352 e. The van der Waals surface area contributed by atoms with Crippen LogP contribution in [0, 0.1) is 13.8 Å². The Labute approximate surface area is 146 Å². The summed E-state index contributed by atoms with van der Waals surface area (Å²) in [6.07, 6.45) is 1.44. The molecular weight excluding hydrogens is 338 g/mol. The second-order valence-corrected chi connectivity index (χ2v) is 6.85. The molecule has 0 aliphatic carbocycles. The van der Waals surface area contributed by atoms with Gasteiger partial charge in [-0.3, -0.25) is 4.79 Å². The summed E-state index contributed by atoms with van der Waals surface area (Å²) in [6, 6.07) is 7.67. The molecule has 0 saturated carbocycles. The molecule has 0 atom stereocenters. The molecule has 0 radical (unpaired) electrons. The molecule has 3 heterocycles. The molecule has 0 bridgehead atoms. The van der Waals surface area contributed by atoms with E-state index in [1.54, 1.807) is 0 Å². The third kappa shape index (κ3) is 2.80. The van der Waals surface area contributed by atoms with Gasteiger partial charge in [-0.15, -0.1) is 16.4 Å². The minimum atomic E-state index is -0.381. The Morgan fingerprint density at radius 2 is 2.00 bits per heavy atom. The maximum absolute atomic E-state index is 12.4. The fourth-order valence-corrected chi connectivity index (χ4v) is 3.68. The third-order valence-corrected chi connectivity index (χ3v) is 4.73. The highest BCUT2D eigenvalue weighted by Gasteiger charge is 2.14. The van der Waals surface area contributed by atoms with Gasteiger partial charge in [0.25, 0.3) is 0 Å². The lowest BCUT2D eigenvalue weighted by atomic mass is 10.1. The van der Waals surface area contributed by atoms with Crippen LogP contribution in [0.15, 0.2) is 40.8 Å². The van der Waals surface area contributed by atoms with Crippen molar-refractivity contribution >= 4 is 38.8 Å². The number of fused-ring (bicyclic) bond motifs is 3. The summed E-state index contributed by atoms with van der Waals surface area (Å²) in [6.45, 7) is 3.78. The Kier molecular flexibility index (Phi) is 3.61. The van der Waals surface area contributed by atoms with Crippen molar-refractivity contribution in [3.8, 4) is 0 Å². The molecule has 25 heavy (non-hydrogen) atoms. The van der Waals surface area contributed by atoms with E-state index in [0.717, 1.165) is 26.0 Å². The number of hydrogen-bond acceptors (Lipinski definition) is 5. The summed E-state index contributed by atoms with van der Waals surface area (Å²) >= 11 is 1.46. The van der Waals surface area contributed by atoms with Gasteiger partial charge in [-0.05, 0) is 48.6 Å². The SMILES string of the molecule is Cc1cc(C)cc(NC(=O)Cn2nc3c4sccc4ncn3c2=O)c1. The second-order valence-electron chi connectivity index (χ2n) is 5.94. The summed E-state index contributed by atoms with van der Waals surface area (Å²) in [7, 11) is 0. The van der Waals surface area contributed by atoms with E-state index in [9.17, 15) is 9.59 Å². The van der Waals surface area contributed by atoms with Crippen molar-refractivity contribution in [2.24, 2.45) is 0 Å². The van der Waals surface area contributed by atoms with E-state index in [4.69, 9.17) is 0 Å². The van der Waals surface area contributed by atoms with Crippen LogP contribution in [0.2, 0.25) is 0 Å². The zero-order valence-electron chi connectivity index (χ0n) is 13.7. The fourth-order valence-electron chi connectivity index (χ4n) is 2.86. The number of carbonyl (C=O) groups is 1. The van der Waals surface area contributed by atoms with Gasteiger partial charge in [0.05, 0.1) is 10.2 Å². The number of rotatable bonds is 3. The van der Waals surface area contributed by atoms with Gasteiger partial charge >= 0.3 is 5.69 Å². The molecule has 1 N–H and O–H groups in total. The number of benzene rings is 1. The van der Waals surface area contributed by atoms with Crippen LogP contribution in [0.25, 0.3) is 15.9 Å². The van der Waals surface area contributed by atoms with Gasteiger partial charge in [-0.2, -0.15) is 0 Å². The van der Waals surface area contributed by atoms with Crippen LogP contribution in [0.4, 0.5) is 5.69 Å². The van der Waals surface area contributed by atoms with Gasteiger partial charge in [-0.25, -0.2) is 18.9 Å². The predicted octanol–water partition coefficient (Wildman–Crippen LogP) is 2.36. The first kappa shape index (κ1) is 15.5. The number of carbonyl (C=O) groups excluding carboxylic acids is 1. The fraction of sp³-hybridized carbons (Fsp3) is 0.176. The van der Waals surface area contributed by atoms with E-state index < -0.39 is 0 Å². The molecule has 4 rings (SSSR count). The number of thiophene rings is 1. The van der Waals surface area contributed by atoms with Crippen LogP contribution >= 0.6 is 11.3 Å². The minimum absolute atomic E-state index is 0.152. The van der Waals surface area contributed by atoms with Crippen LogP contribution in [0.3, 0.4) is 0 Å². The highest BCUT2D eigenvalue weighted by atomic mass is 32.1. The Hall–Kier alpha value is -3.00. The summed E-state index contributed by atoms with van der Waals surface area (Å²) in [5.41, 5.74) is 3.76. The summed E-state index contributed by atoms with van der Waals surface area (Å²) < 4.78 is 3.35. The van der Waals surface area contributed by atoms with Crippen molar-refractivity contribution < 1.29 is 4.79 Å². The van der Waals surface area contributed by atoms with Gasteiger partial charge in [-0.1, -0.05) is 6.07 Å². The average molecular weight is 353 g/mol. The summed E-state index contributed by atoms with van der Waals surface area (Å²) in [5, 5.41) is 9.02. The zero-order valence-corrected chi connectivity index (χ0v) is 14.5. The normalized spacial score (nSPS) is 11.3. The number of aryl methyl sites for hydroxylation is 2. The number of aromatic nitrogens is 4. The molecule has 0 unspecified atom stereocenters. The smallest absolute Gasteiger partial charge is 0.324 e. The van der Waals surface area contributed by atoms with Gasteiger partial charge < -0.3 is 5.32 Å². The Morgan fingerprint density at radius 1 is 1.24 bits per heavy atom. The molecule has 0 aliphatic heterocycles. The molecule has 8 heteroatoms. The lowest BCUT2D eigenvalue weighted by Gasteiger charge is -2.07. The Morgan fingerprint density at radius 3 is 2.76 bits per heavy atom. The van der Waals surface area contributed by atoms with Gasteiger partial charge in [0.2, 0.25) is 5.91 Å². The van der Waals surface area contributed by atoms with Crippen molar-refractivity contribution in [3.63, 3.8) is 0 Å². The standard InChI is InChI=1S/C17H15N5O2S/c1-10-5-11(2)7-12(6-10)19-14(23)8-22-17(24)21-9-18-13-3-4-25-15(13)16(21)20-22/h3-7,9H,8H2,1-2H3,(H,19,23). The van der Waals surface area contributed by atoms with Crippen molar-refractivity contribution in [1.82, 2.24) is 19.2 Å². The monoisotopic (exact) mass is 353 g/mol. The van der Waals surface area contributed by atoms with Crippen molar-refractivity contribution in [1.29, 1.82) is 0 Å². The van der Waals surface area contributed by atoms with Crippen LogP contribution < -0.4 is 11.0 Å². The maximum atomic E-state index is 12.4. The van der Waals surface area contributed by atoms with Crippen LogP contribution in [0.1, 0.15) is 11.1 Å². The molecule has 7 nitrogen and oxygen atoms in total. The highest BCUT2D eigenvalue weighted by Crippen LogP contribution is 2.21. The van der Waals surface area contributed by atoms with Crippen LogP contribution in [-0.4, -0.2) is 25.1 Å². The summed E-state index contributed by atoms with van der Waals surface area (Å²) in [4.78, 5) is 29.0. The highest BCUT2D eigenvalue weighted by molar-refractivity contribution is 7.17. The number of amides is 1. The van der Waals surface area contributed by atoms with Crippen molar-refractivity contribution in [2.75, 3.05) is 5.32 Å². The molecular formula is C17H15N5O2S. The van der Waals surface area contributed by atoms with E-state index >= 15 is 0 Å². The van der Waals surface area contributed by atoms with E-state index in [2.05, 4.69) is 15.4 Å². The zero-order chi connectivity index (χ0) is 17.6. The van der Waals surface area contributed by atoms with E-state index in [-0.39, 0.29) is 18.1 Å². The third-order valence-electron chi connectivity index (χ3n) is 3.83. The van der Waals surface area contributed by atoms with Crippen molar-refractivity contribution in [2.45, 2.75) is 20.4 Å². The Balaban J connectivity index is 1.64.